The lowest BCUT2D eigenvalue weighted by molar-refractivity contribution is -0.107. The number of aryl methyl sites for hydroxylation is 2. The van der Waals surface area contributed by atoms with E-state index < -0.39 is 0 Å². The molecule has 0 unspecified atom stereocenters. The van der Waals surface area contributed by atoms with Crippen molar-refractivity contribution in [2.24, 2.45) is 0 Å². The maximum absolute atomic E-state index is 10.5. The molecule has 2 aromatic heterocycles. The lowest BCUT2D eigenvalue weighted by atomic mass is 10.2. The second-order valence-electron chi connectivity index (χ2n) is 3.44. The Bertz CT molecular complexity index is 485. The average Bonchev–Trinajstić information content (AvgIpc) is 2.44. The maximum Gasteiger partial charge on any atom is 0.126 e. The Hall–Kier alpha value is -1.64. The molecule has 3 heteroatoms. The fraction of sp³-hybridized carbons (Fsp3) is 0.273. The highest BCUT2D eigenvalue weighted by molar-refractivity contribution is 5.63. The minimum Gasteiger partial charge on any atom is -0.304 e. The van der Waals surface area contributed by atoms with Crippen LogP contribution in [-0.2, 0) is 11.2 Å². The Morgan fingerprint density at radius 1 is 1.50 bits per heavy atom. The van der Waals surface area contributed by atoms with E-state index in [1.165, 1.54) is 5.56 Å². The molecule has 0 saturated heterocycles. The van der Waals surface area contributed by atoms with Crippen LogP contribution in [0.5, 0.6) is 0 Å². The first kappa shape index (κ1) is 8.94. The molecule has 0 fully saturated rings. The Kier molecular flexibility index (Phi) is 2.08. The Labute approximate surface area is 82.4 Å². The van der Waals surface area contributed by atoms with E-state index >= 15 is 0 Å². The molecular weight excluding hydrogens is 176 g/mol. The van der Waals surface area contributed by atoms with Crippen molar-refractivity contribution in [2.45, 2.75) is 20.3 Å². The first-order chi connectivity index (χ1) is 6.72. The lowest BCUT2D eigenvalue weighted by Gasteiger charge is -1.97. The van der Waals surface area contributed by atoms with E-state index in [1.54, 1.807) is 0 Å². The first-order valence-corrected chi connectivity index (χ1v) is 4.60. The molecule has 0 bridgehead atoms. The van der Waals surface area contributed by atoms with Gasteiger partial charge in [0.25, 0.3) is 0 Å². The van der Waals surface area contributed by atoms with Gasteiger partial charge in [0.2, 0.25) is 0 Å². The monoisotopic (exact) mass is 188 g/mol. The van der Waals surface area contributed by atoms with Crippen molar-refractivity contribution >= 4 is 11.8 Å². The van der Waals surface area contributed by atoms with Crippen LogP contribution in [0.15, 0.2) is 18.3 Å². The number of imidazole rings is 1. The topological polar surface area (TPSA) is 34.4 Å². The number of fused-ring (bicyclic) bond motifs is 1. The SMILES string of the molecule is Cc1ccn2c(C)nc(CC=O)c2c1. The van der Waals surface area contributed by atoms with Crippen LogP contribution in [0.1, 0.15) is 17.1 Å². The van der Waals surface area contributed by atoms with Gasteiger partial charge in [-0.3, -0.25) is 0 Å². The van der Waals surface area contributed by atoms with Gasteiger partial charge < -0.3 is 9.20 Å². The summed E-state index contributed by atoms with van der Waals surface area (Å²) in [5.74, 6) is 0.928. The van der Waals surface area contributed by atoms with Gasteiger partial charge in [-0.25, -0.2) is 4.98 Å². The van der Waals surface area contributed by atoms with Crippen LogP contribution in [0.3, 0.4) is 0 Å². The second-order valence-corrected chi connectivity index (χ2v) is 3.44. The molecule has 0 amide bonds. The van der Waals surface area contributed by atoms with Gasteiger partial charge in [0.15, 0.2) is 0 Å². The number of carbonyl (C=O) groups excluding carboxylic acids is 1. The summed E-state index contributed by atoms with van der Waals surface area (Å²) in [7, 11) is 0. The molecule has 0 aromatic carbocycles. The van der Waals surface area contributed by atoms with Gasteiger partial charge in [0.1, 0.15) is 12.1 Å². The highest BCUT2D eigenvalue weighted by atomic mass is 16.1. The summed E-state index contributed by atoms with van der Waals surface area (Å²) < 4.78 is 2.01. The standard InChI is InChI=1S/C11H12N2O/c1-8-3-5-13-9(2)12-10(4-6-14)11(13)7-8/h3,5-7H,4H2,1-2H3. The fourth-order valence-corrected chi connectivity index (χ4v) is 1.65. The van der Waals surface area contributed by atoms with Crippen LogP contribution in [-0.4, -0.2) is 15.7 Å². The summed E-state index contributed by atoms with van der Waals surface area (Å²) in [4.78, 5) is 14.8. The number of pyridine rings is 1. The second kappa shape index (κ2) is 3.25. The number of aromatic nitrogens is 2. The lowest BCUT2D eigenvalue weighted by Crippen LogP contribution is -1.89. The molecule has 14 heavy (non-hydrogen) atoms. The van der Waals surface area contributed by atoms with Crippen molar-refractivity contribution in [3.05, 3.63) is 35.4 Å². The molecule has 72 valence electrons. The van der Waals surface area contributed by atoms with Gasteiger partial charge in [-0.2, -0.15) is 0 Å². The minimum atomic E-state index is 0.390. The fourth-order valence-electron chi connectivity index (χ4n) is 1.65. The van der Waals surface area contributed by atoms with E-state index in [0.717, 1.165) is 23.3 Å². The molecule has 0 radical (unpaired) electrons. The highest BCUT2D eigenvalue weighted by Crippen LogP contribution is 2.14. The van der Waals surface area contributed by atoms with Gasteiger partial charge in [-0.15, -0.1) is 0 Å². The molecule has 2 aromatic rings. The van der Waals surface area contributed by atoms with Gasteiger partial charge in [-0.05, 0) is 31.5 Å². The number of nitrogens with zero attached hydrogens (tertiary/aromatic N) is 2. The molecular formula is C11H12N2O. The molecule has 2 heterocycles. The van der Waals surface area contributed by atoms with Crippen LogP contribution in [0, 0.1) is 13.8 Å². The highest BCUT2D eigenvalue weighted by Gasteiger charge is 2.06. The van der Waals surface area contributed by atoms with Crippen molar-refractivity contribution in [3.63, 3.8) is 0 Å². The van der Waals surface area contributed by atoms with Crippen LogP contribution in [0.25, 0.3) is 5.52 Å². The molecule has 0 atom stereocenters. The third-order valence-electron chi connectivity index (χ3n) is 2.33. The van der Waals surface area contributed by atoms with Crippen LogP contribution < -0.4 is 0 Å². The summed E-state index contributed by atoms with van der Waals surface area (Å²) in [5, 5.41) is 0. The van der Waals surface area contributed by atoms with Crippen molar-refractivity contribution in [2.75, 3.05) is 0 Å². The van der Waals surface area contributed by atoms with Crippen LogP contribution in [0.4, 0.5) is 0 Å². The smallest absolute Gasteiger partial charge is 0.126 e. The van der Waals surface area contributed by atoms with E-state index in [-0.39, 0.29) is 0 Å². The molecule has 2 rings (SSSR count). The van der Waals surface area contributed by atoms with Crippen LogP contribution >= 0.6 is 0 Å². The Balaban J connectivity index is 2.72. The zero-order chi connectivity index (χ0) is 10.1. The van der Waals surface area contributed by atoms with Gasteiger partial charge in [0.05, 0.1) is 11.2 Å². The van der Waals surface area contributed by atoms with E-state index in [9.17, 15) is 4.79 Å². The molecule has 0 N–H and O–H groups in total. The molecule has 3 nitrogen and oxygen atoms in total. The zero-order valence-electron chi connectivity index (χ0n) is 8.32. The average molecular weight is 188 g/mol. The summed E-state index contributed by atoms with van der Waals surface area (Å²) in [5.41, 5.74) is 3.08. The van der Waals surface area contributed by atoms with E-state index in [1.807, 2.05) is 30.5 Å². The number of hydrogen-bond acceptors (Lipinski definition) is 2. The minimum absolute atomic E-state index is 0.390. The zero-order valence-corrected chi connectivity index (χ0v) is 8.32. The van der Waals surface area contributed by atoms with E-state index in [2.05, 4.69) is 11.1 Å². The van der Waals surface area contributed by atoms with Crippen molar-refractivity contribution in [3.8, 4) is 0 Å². The van der Waals surface area contributed by atoms with Crippen molar-refractivity contribution in [1.29, 1.82) is 0 Å². The van der Waals surface area contributed by atoms with Crippen molar-refractivity contribution < 1.29 is 4.79 Å². The van der Waals surface area contributed by atoms with E-state index in [4.69, 9.17) is 0 Å². The summed E-state index contributed by atoms with van der Waals surface area (Å²) >= 11 is 0. The van der Waals surface area contributed by atoms with E-state index in [0.29, 0.717) is 6.42 Å². The predicted molar refractivity (Wildman–Crippen MR) is 54.4 cm³/mol. The third-order valence-corrected chi connectivity index (χ3v) is 2.33. The quantitative estimate of drug-likeness (QED) is 0.672. The maximum atomic E-state index is 10.5. The van der Waals surface area contributed by atoms with Crippen molar-refractivity contribution in [1.82, 2.24) is 9.38 Å². The third kappa shape index (κ3) is 1.31. The first-order valence-electron chi connectivity index (χ1n) is 4.60. The summed E-state index contributed by atoms with van der Waals surface area (Å²) in [6.07, 6.45) is 3.27. The molecule has 0 saturated carbocycles. The van der Waals surface area contributed by atoms with Gasteiger partial charge in [-0.1, -0.05) is 0 Å². The molecule has 0 aliphatic rings. The number of hydrogen-bond donors (Lipinski definition) is 0. The summed E-state index contributed by atoms with van der Waals surface area (Å²) in [6, 6.07) is 4.09. The summed E-state index contributed by atoms with van der Waals surface area (Å²) in [6.45, 7) is 3.98. The van der Waals surface area contributed by atoms with Crippen LogP contribution in [0.2, 0.25) is 0 Å². The largest absolute Gasteiger partial charge is 0.304 e. The predicted octanol–water partition coefficient (Wildman–Crippen LogP) is 1.69. The normalized spacial score (nSPS) is 10.7. The Morgan fingerprint density at radius 2 is 2.29 bits per heavy atom. The number of rotatable bonds is 2. The number of aldehydes is 1. The molecule has 0 aliphatic heterocycles. The van der Waals surface area contributed by atoms with Gasteiger partial charge >= 0.3 is 0 Å². The Morgan fingerprint density at radius 3 is 3.00 bits per heavy atom. The number of carbonyl (C=O) groups is 1. The molecule has 0 aliphatic carbocycles. The van der Waals surface area contributed by atoms with Gasteiger partial charge in [0, 0.05) is 12.6 Å². The molecule has 0 spiro atoms.